The molecule has 1 saturated carbocycles. The lowest BCUT2D eigenvalue weighted by Crippen LogP contribution is -2.59. The van der Waals surface area contributed by atoms with Crippen molar-refractivity contribution in [2.45, 2.75) is 58.6 Å². The maximum atomic E-state index is 6.17. The molecule has 1 N–H and O–H groups in total. The van der Waals surface area contributed by atoms with Crippen molar-refractivity contribution in [1.82, 2.24) is 5.32 Å². The van der Waals surface area contributed by atoms with Crippen molar-refractivity contribution >= 4 is 0 Å². The van der Waals surface area contributed by atoms with Gasteiger partial charge in [-0.3, -0.25) is 0 Å². The predicted molar refractivity (Wildman–Crippen MR) is 62.9 cm³/mol. The lowest BCUT2D eigenvalue weighted by Gasteiger charge is -2.45. The Labute approximate surface area is 93.8 Å². The molecule has 2 unspecified atom stereocenters. The first-order valence-electron chi connectivity index (χ1n) is 6.33. The highest BCUT2D eigenvalue weighted by Crippen LogP contribution is 2.49. The molecule has 1 aliphatic carbocycles. The molecule has 1 spiro atoms. The van der Waals surface area contributed by atoms with Gasteiger partial charge in [0.05, 0.1) is 12.2 Å². The Morgan fingerprint density at radius 3 is 2.53 bits per heavy atom. The summed E-state index contributed by atoms with van der Waals surface area (Å²) in [7, 11) is 0. The maximum absolute atomic E-state index is 6.17. The van der Waals surface area contributed by atoms with Crippen LogP contribution in [0.4, 0.5) is 0 Å². The van der Waals surface area contributed by atoms with Gasteiger partial charge in [-0.25, -0.2) is 0 Å². The van der Waals surface area contributed by atoms with Crippen LogP contribution in [0.3, 0.4) is 0 Å². The van der Waals surface area contributed by atoms with Gasteiger partial charge in [-0.05, 0) is 30.6 Å². The van der Waals surface area contributed by atoms with Gasteiger partial charge in [0.1, 0.15) is 0 Å². The van der Waals surface area contributed by atoms with E-state index in [1.165, 1.54) is 19.3 Å². The summed E-state index contributed by atoms with van der Waals surface area (Å²) in [6.07, 6.45) is 3.75. The van der Waals surface area contributed by atoms with Crippen LogP contribution in [0.15, 0.2) is 0 Å². The highest BCUT2D eigenvalue weighted by molar-refractivity contribution is 5.05. The Bertz CT molecular complexity index is 237. The molecule has 0 radical (unpaired) electrons. The number of morpholine rings is 1. The van der Waals surface area contributed by atoms with Crippen LogP contribution >= 0.6 is 0 Å². The van der Waals surface area contributed by atoms with Crippen molar-refractivity contribution < 1.29 is 4.74 Å². The average Bonchev–Trinajstić information content (AvgIpc) is 2.42. The van der Waals surface area contributed by atoms with Gasteiger partial charge in [-0.1, -0.05) is 27.7 Å². The Kier molecular flexibility index (Phi) is 2.85. The summed E-state index contributed by atoms with van der Waals surface area (Å²) in [5.41, 5.74) is 0.599. The van der Waals surface area contributed by atoms with E-state index in [1.54, 1.807) is 0 Å². The van der Waals surface area contributed by atoms with Crippen molar-refractivity contribution in [3.8, 4) is 0 Å². The molecular formula is C13H25NO. The molecule has 0 aromatic carbocycles. The van der Waals surface area contributed by atoms with Crippen LogP contribution in [-0.4, -0.2) is 24.8 Å². The largest absolute Gasteiger partial charge is 0.372 e. The molecule has 15 heavy (non-hydrogen) atoms. The summed E-state index contributed by atoms with van der Waals surface area (Å²) in [6.45, 7) is 11.3. The van der Waals surface area contributed by atoms with Gasteiger partial charge in [0.2, 0.25) is 0 Å². The molecule has 88 valence electrons. The zero-order valence-electron chi connectivity index (χ0n) is 10.6. The fourth-order valence-electron chi connectivity index (χ4n) is 3.51. The second kappa shape index (κ2) is 3.74. The van der Waals surface area contributed by atoms with E-state index in [0.29, 0.717) is 17.4 Å². The smallest absolute Gasteiger partial charge is 0.0843 e. The third-order valence-corrected chi connectivity index (χ3v) is 4.09. The molecule has 2 fully saturated rings. The van der Waals surface area contributed by atoms with Crippen LogP contribution in [0.2, 0.25) is 0 Å². The zero-order valence-corrected chi connectivity index (χ0v) is 10.6. The van der Waals surface area contributed by atoms with Crippen molar-refractivity contribution in [3.05, 3.63) is 0 Å². The predicted octanol–water partition coefficient (Wildman–Crippen LogP) is 2.58. The third-order valence-electron chi connectivity index (χ3n) is 4.09. The van der Waals surface area contributed by atoms with Crippen molar-refractivity contribution in [3.63, 3.8) is 0 Å². The summed E-state index contributed by atoms with van der Waals surface area (Å²) >= 11 is 0. The van der Waals surface area contributed by atoms with Crippen LogP contribution in [0.25, 0.3) is 0 Å². The summed E-state index contributed by atoms with van der Waals surface area (Å²) < 4.78 is 6.17. The van der Waals surface area contributed by atoms with Gasteiger partial charge < -0.3 is 10.1 Å². The monoisotopic (exact) mass is 211 g/mol. The topological polar surface area (TPSA) is 21.3 Å². The number of ether oxygens (including phenoxy) is 1. The lowest BCUT2D eigenvalue weighted by atomic mass is 9.80. The van der Waals surface area contributed by atoms with Crippen molar-refractivity contribution in [2.24, 2.45) is 11.3 Å². The average molecular weight is 211 g/mol. The van der Waals surface area contributed by atoms with E-state index in [0.717, 1.165) is 13.2 Å². The third kappa shape index (κ3) is 2.07. The Balaban J connectivity index is 2.17. The molecule has 2 aliphatic rings. The Morgan fingerprint density at radius 1 is 1.27 bits per heavy atom. The highest BCUT2D eigenvalue weighted by Gasteiger charge is 2.51. The van der Waals surface area contributed by atoms with E-state index in [2.05, 4.69) is 33.0 Å². The summed E-state index contributed by atoms with van der Waals surface area (Å²) in [5, 5.41) is 3.66. The quantitative estimate of drug-likeness (QED) is 0.720. The minimum absolute atomic E-state index is 0.135. The fraction of sp³-hybridized carbons (Fsp3) is 1.00. The second-order valence-corrected chi connectivity index (χ2v) is 6.43. The minimum Gasteiger partial charge on any atom is -0.372 e. The van der Waals surface area contributed by atoms with Gasteiger partial charge in [0, 0.05) is 12.6 Å². The lowest BCUT2D eigenvalue weighted by molar-refractivity contribution is -0.108. The zero-order chi connectivity index (χ0) is 11.1. The van der Waals surface area contributed by atoms with E-state index >= 15 is 0 Å². The molecule has 2 atom stereocenters. The van der Waals surface area contributed by atoms with Crippen LogP contribution < -0.4 is 5.32 Å². The highest BCUT2D eigenvalue weighted by atomic mass is 16.5. The van der Waals surface area contributed by atoms with Crippen molar-refractivity contribution in [2.75, 3.05) is 13.2 Å². The number of nitrogens with one attached hydrogen (secondary N) is 1. The second-order valence-electron chi connectivity index (χ2n) is 6.43. The standard InChI is InChI=1S/C13H25NO/c1-10(2)11-13(15-8-7-14-11)6-5-12(3,4)9-13/h10-11,14H,5-9H2,1-4H3. The summed E-state index contributed by atoms with van der Waals surface area (Å²) in [6, 6.07) is 0.549. The molecule has 0 aromatic rings. The molecule has 0 bridgehead atoms. The maximum Gasteiger partial charge on any atom is 0.0843 e. The van der Waals surface area contributed by atoms with E-state index in [1.807, 2.05) is 0 Å². The van der Waals surface area contributed by atoms with Crippen LogP contribution in [0.5, 0.6) is 0 Å². The van der Waals surface area contributed by atoms with Gasteiger partial charge in [-0.2, -0.15) is 0 Å². The molecule has 2 heteroatoms. The molecular weight excluding hydrogens is 186 g/mol. The van der Waals surface area contributed by atoms with Gasteiger partial charge in [0.15, 0.2) is 0 Å². The molecule has 2 nitrogen and oxygen atoms in total. The minimum atomic E-state index is 0.135. The van der Waals surface area contributed by atoms with Gasteiger partial charge >= 0.3 is 0 Å². The number of rotatable bonds is 1. The fourth-order valence-corrected chi connectivity index (χ4v) is 3.51. The van der Waals surface area contributed by atoms with Crippen LogP contribution in [0, 0.1) is 11.3 Å². The Hall–Kier alpha value is -0.0800. The number of hydrogen-bond acceptors (Lipinski definition) is 2. The molecule has 0 aromatic heterocycles. The SMILES string of the molecule is CC(C)C1NCCOC12CCC(C)(C)C2. The molecule has 1 aliphatic heterocycles. The first-order valence-corrected chi connectivity index (χ1v) is 6.33. The first kappa shape index (κ1) is 11.4. The number of hydrogen-bond donors (Lipinski definition) is 1. The van der Waals surface area contributed by atoms with Gasteiger partial charge in [0.25, 0.3) is 0 Å². The van der Waals surface area contributed by atoms with Crippen molar-refractivity contribution in [1.29, 1.82) is 0 Å². The molecule has 2 rings (SSSR count). The molecule has 1 heterocycles. The summed E-state index contributed by atoms with van der Waals surface area (Å²) in [5.74, 6) is 0.666. The Morgan fingerprint density at radius 2 is 2.00 bits per heavy atom. The van der Waals surface area contributed by atoms with E-state index < -0.39 is 0 Å². The molecule has 1 saturated heterocycles. The first-order chi connectivity index (χ1) is 6.95. The van der Waals surface area contributed by atoms with Gasteiger partial charge in [-0.15, -0.1) is 0 Å². The van der Waals surface area contributed by atoms with Crippen LogP contribution in [0.1, 0.15) is 47.0 Å². The molecule has 0 amide bonds. The summed E-state index contributed by atoms with van der Waals surface area (Å²) in [4.78, 5) is 0. The van der Waals surface area contributed by atoms with Crippen LogP contribution in [-0.2, 0) is 4.74 Å². The van der Waals surface area contributed by atoms with E-state index in [4.69, 9.17) is 4.74 Å². The van der Waals surface area contributed by atoms with E-state index in [-0.39, 0.29) is 5.60 Å². The normalized spacial score (nSPS) is 40.2. The van der Waals surface area contributed by atoms with E-state index in [9.17, 15) is 0 Å².